The van der Waals surface area contributed by atoms with E-state index >= 15 is 0 Å². The van der Waals surface area contributed by atoms with Crippen molar-refractivity contribution < 1.29 is 9.90 Å². The summed E-state index contributed by atoms with van der Waals surface area (Å²) in [5.74, 6) is 0.309. The van der Waals surface area contributed by atoms with E-state index in [4.69, 9.17) is 5.11 Å². The highest BCUT2D eigenvalue weighted by Crippen LogP contribution is 2.13. The van der Waals surface area contributed by atoms with Gasteiger partial charge in [-0.05, 0) is 50.2 Å². The lowest BCUT2D eigenvalue weighted by Gasteiger charge is -2.13. The van der Waals surface area contributed by atoms with Crippen LogP contribution in [0.25, 0.3) is 16.6 Å². The first kappa shape index (κ1) is 16.9. The zero-order chi connectivity index (χ0) is 18.0. The second-order valence-corrected chi connectivity index (χ2v) is 5.92. The maximum Gasteiger partial charge on any atom is 0.265 e. The van der Waals surface area contributed by atoms with Crippen LogP contribution in [-0.2, 0) is 0 Å². The van der Waals surface area contributed by atoms with Crippen LogP contribution in [0.3, 0.4) is 0 Å². The molecule has 6 heteroatoms. The minimum absolute atomic E-state index is 0.124. The molecule has 0 fully saturated rings. The number of aryl methyl sites for hydroxylation is 1. The second-order valence-electron chi connectivity index (χ2n) is 5.92. The molecule has 0 aliphatic carbocycles. The lowest BCUT2D eigenvalue weighted by Crippen LogP contribution is -2.35. The fourth-order valence-corrected chi connectivity index (χ4v) is 2.66. The van der Waals surface area contributed by atoms with Gasteiger partial charge in [0.05, 0.1) is 23.2 Å². The quantitative estimate of drug-likeness (QED) is 0.760. The Morgan fingerprint density at radius 3 is 2.56 bits per heavy atom. The third-order valence-electron chi connectivity index (χ3n) is 3.98. The predicted octanol–water partition coefficient (Wildman–Crippen LogP) is 1.80. The van der Waals surface area contributed by atoms with Crippen LogP contribution in [0.5, 0.6) is 0 Å². The normalized spacial score (nSPS) is 12.1. The first-order chi connectivity index (χ1) is 12.0. The molecule has 1 aromatic heterocycles. The van der Waals surface area contributed by atoms with E-state index in [0.717, 1.165) is 0 Å². The number of carbonyl (C=O) groups excluding carboxylic acids is 1. The van der Waals surface area contributed by atoms with Crippen LogP contribution < -0.4 is 10.9 Å². The van der Waals surface area contributed by atoms with Gasteiger partial charge in [-0.25, -0.2) is 4.98 Å². The molecule has 1 amide bonds. The molecule has 0 bridgehead atoms. The van der Waals surface area contributed by atoms with Crippen molar-refractivity contribution in [2.45, 2.75) is 19.9 Å². The van der Waals surface area contributed by atoms with Crippen molar-refractivity contribution in [2.75, 3.05) is 6.61 Å². The molecule has 1 heterocycles. The number of amides is 1. The van der Waals surface area contributed by atoms with E-state index in [0.29, 0.717) is 28.0 Å². The molecule has 0 saturated carbocycles. The predicted molar refractivity (Wildman–Crippen MR) is 96.1 cm³/mol. The summed E-state index contributed by atoms with van der Waals surface area (Å²) in [4.78, 5) is 29.3. The number of rotatable bonds is 4. The molecule has 0 radical (unpaired) electrons. The van der Waals surface area contributed by atoms with E-state index in [-0.39, 0.29) is 24.1 Å². The molecule has 3 aromatic rings. The van der Waals surface area contributed by atoms with Crippen molar-refractivity contribution in [3.63, 3.8) is 0 Å². The summed E-state index contributed by atoms with van der Waals surface area (Å²) in [7, 11) is 0. The van der Waals surface area contributed by atoms with Crippen molar-refractivity contribution in [3.05, 3.63) is 70.3 Å². The molecule has 1 atom stereocenters. The summed E-state index contributed by atoms with van der Waals surface area (Å²) in [5, 5.41) is 12.2. The SMILES string of the molecule is Cc1nc2ccccc2c(=O)n1-c1ccc(C(=O)NC(C)CO)cc1. The Hall–Kier alpha value is -2.99. The van der Waals surface area contributed by atoms with Crippen LogP contribution in [0.2, 0.25) is 0 Å². The molecular formula is C19H19N3O3. The molecule has 0 aliphatic rings. The van der Waals surface area contributed by atoms with Crippen LogP contribution in [0.15, 0.2) is 53.3 Å². The number of nitrogens with one attached hydrogen (secondary N) is 1. The van der Waals surface area contributed by atoms with Crippen LogP contribution >= 0.6 is 0 Å². The number of carbonyl (C=O) groups is 1. The van der Waals surface area contributed by atoms with E-state index in [9.17, 15) is 9.59 Å². The maximum absolute atomic E-state index is 12.8. The first-order valence-corrected chi connectivity index (χ1v) is 8.02. The zero-order valence-electron chi connectivity index (χ0n) is 14.1. The summed E-state index contributed by atoms with van der Waals surface area (Å²) in [6.07, 6.45) is 0. The van der Waals surface area contributed by atoms with Gasteiger partial charge in [-0.15, -0.1) is 0 Å². The van der Waals surface area contributed by atoms with Crippen molar-refractivity contribution in [1.82, 2.24) is 14.9 Å². The van der Waals surface area contributed by atoms with Crippen LogP contribution in [0.4, 0.5) is 0 Å². The van der Waals surface area contributed by atoms with Gasteiger partial charge in [-0.1, -0.05) is 12.1 Å². The van der Waals surface area contributed by atoms with Crippen molar-refractivity contribution >= 4 is 16.8 Å². The molecular weight excluding hydrogens is 318 g/mol. The fraction of sp³-hybridized carbons (Fsp3) is 0.211. The Bertz CT molecular complexity index is 977. The van der Waals surface area contributed by atoms with E-state index < -0.39 is 0 Å². The summed E-state index contributed by atoms with van der Waals surface area (Å²) >= 11 is 0. The third-order valence-corrected chi connectivity index (χ3v) is 3.98. The molecule has 0 saturated heterocycles. The number of aromatic nitrogens is 2. The Kier molecular flexibility index (Phi) is 4.63. The summed E-state index contributed by atoms with van der Waals surface area (Å²) in [5.41, 5.74) is 1.63. The standard InChI is InChI=1S/C19H19N3O3/c1-12(11-23)20-18(24)14-7-9-15(10-8-14)22-13(2)21-17-6-4-3-5-16(17)19(22)25/h3-10,12,23H,11H2,1-2H3,(H,20,24). The maximum atomic E-state index is 12.8. The molecule has 3 rings (SSSR count). The number of aliphatic hydroxyl groups excluding tert-OH is 1. The van der Waals surface area contributed by atoms with Crippen LogP contribution in [0.1, 0.15) is 23.1 Å². The van der Waals surface area contributed by atoms with Gasteiger partial charge in [0.1, 0.15) is 5.82 Å². The highest BCUT2D eigenvalue weighted by atomic mass is 16.3. The highest BCUT2D eigenvalue weighted by molar-refractivity contribution is 5.94. The first-order valence-electron chi connectivity index (χ1n) is 8.02. The van der Waals surface area contributed by atoms with Gasteiger partial charge in [0.2, 0.25) is 0 Å². The highest BCUT2D eigenvalue weighted by Gasteiger charge is 2.12. The van der Waals surface area contributed by atoms with Crippen molar-refractivity contribution in [2.24, 2.45) is 0 Å². The number of para-hydroxylation sites is 1. The smallest absolute Gasteiger partial charge is 0.265 e. The van der Waals surface area contributed by atoms with Gasteiger partial charge >= 0.3 is 0 Å². The molecule has 25 heavy (non-hydrogen) atoms. The average Bonchev–Trinajstić information content (AvgIpc) is 2.62. The minimum Gasteiger partial charge on any atom is -0.394 e. The summed E-state index contributed by atoms with van der Waals surface area (Å²) in [6.45, 7) is 3.37. The minimum atomic E-state index is -0.318. The fourth-order valence-electron chi connectivity index (χ4n) is 2.66. The Morgan fingerprint density at radius 2 is 1.88 bits per heavy atom. The average molecular weight is 337 g/mol. The Labute approximate surface area is 144 Å². The second kappa shape index (κ2) is 6.86. The van der Waals surface area contributed by atoms with E-state index in [1.807, 2.05) is 12.1 Å². The molecule has 1 unspecified atom stereocenters. The number of hydrogen-bond acceptors (Lipinski definition) is 4. The molecule has 128 valence electrons. The van der Waals surface area contributed by atoms with Gasteiger partial charge in [0, 0.05) is 11.6 Å². The largest absolute Gasteiger partial charge is 0.394 e. The number of aliphatic hydroxyl groups is 1. The van der Waals surface area contributed by atoms with Gasteiger partial charge in [0.25, 0.3) is 11.5 Å². The lowest BCUT2D eigenvalue weighted by atomic mass is 10.1. The van der Waals surface area contributed by atoms with E-state index in [2.05, 4.69) is 10.3 Å². The Morgan fingerprint density at radius 1 is 1.20 bits per heavy atom. The molecule has 0 spiro atoms. The van der Waals surface area contributed by atoms with Gasteiger partial charge in [0.15, 0.2) is 0 Å². The van der Waals surface area contributed by atoms with E-state index in [1.165, 1.54) is 4.57 Å². The van der Waals surface area contributed by atoms with Crippen LogP contribution in [0, 0.1) is 6.92 Å². The number of nitrogens with zero attached hydrogens (tertiary/aromatic N) is 2. The molecule has 2 N–H and O–H groups in total. The number of fused-ring (bicyclic) bond motifs is 1. The summed E-state index contributed by atoms with van der Waals surface area (Å²) < 4.78 is 1.53. The van der Waals surface area contributed by atoms with E-state index in [1.54, 1.807) is 50.2 Å². The molecule has 2 aromatic carbocycles. The van der Waals surface area contributed by atoms with Gasteiger partial charge < -0.3 is 10.4 Å². The van der Waals surface area contributed by atoms with Crippen LogP contribution in [-0.4, -0.2) is 33.2 Å². The third kappa shape index (κ3) is 3.29. The molecule has 6 nitrogen and oxygen atoms in total. The number of hydrogen-bond donors (Lipinski definition) is 2. The summed E-state index contributed by atoms with van der Waals surface area (Å²) in [6, 6.07) is 13.6. The Balaban J connectivity index is 1.99. The van der Waals surface area contributed by atoms with Gasteiger partial charge in [-0.3, -0.25) is 14.2 Å². The lowest BCUT2D eigenvalue weighted by molar-refractivity contribution is 0.0922. The van der Waals surface area contributed by atoms with Gasteiger partial charge in [-0.2, -0.15) is 0 Å². The van der Waals surface area contributed by atoms with Crippen molar-refractivity contribution in [1.29, 1.82) is 0 Å². The number of benzene rings is 2. The van der Waals surface area contributed by atoms with Crippen molar-refractivity contribution in [3.8, 4) is 5.69 Å². The monoisotopic (exact) mass is 337 g/mol. The zero-order valence-corrected chi connectivity index (χ0v) is 14.1. The topological polar surface area (TPSA) is 84.2 Å². The molecule has 0 aliphatic heterocycles.